The van der Waals surface area contributed by atoms with Gasteiger partial charge in [-0.25, -0.2) is 4.79 Å². The van der Waals surface area contributed by atoms with E-state index in [2.05, 4.69) is 27.9 Å². The second-order valence-electron chi connectivity index (χ2n) is 5.92. The maximum atomic E-state index is 12.6. The third-order valence-electron chi connectivity index (χ3n) is 3.91. The van der Waals surface area contributed by atoms with Crippen LogP contribution in [0.2, 0.25) is 0 Å². The minimum Gasteiger partial charge on any atom is -0.445 e. The van der Waals surface area contributed by atoms with Crippen molar-refractivity contribution in [3.63, 3.8) is 0 Å². The minimum absolute atomic E-state index is 0.320. The van der Waals surface area contributed by atoms with E-state index in [9.17, 15) is 9.59 Å². The summed E-state index contributed by atoms with van der Waals surface area (Å²) in [6.07, 6.45) is 0.367. The molecule has 0 radical (unpaired) electrons. The number of hydrogen-bond acceptors (Lipinski definition) is 3. The number of carbonyl (C=O) groups excluding carboxylic acids is 2. The number of nitrogens with one attached hydrogen (secondary N) is 1. The number of cyclic esters (lactones) is 1. The fourth-order valence-corrected chi connectivity index (χ4v) is 3.01. The fraction of sp³-hybridized carbons (Fsp3) is 0.222. The van der Waals surface area contributed by atoms with E-state index in [0.29, 0.717) is 17.7 Å². The molecule has 0 saturated heterocycles. The molecule has 1 N–H and O–H groups in total. The Morgan fingerprint density at radius 2 is 1.91 bits per heavy atom. The number of ether oxygens (including phenoxy) is 1. The summed E-state index contributed by atoms with van der Waals surface area (Å²) in [7, 11) is 0. The average molecular weight is 421 g/mol. The van der Waals surface area contributed by atoms with Crippen LogP contribution in [-0.4, -0.2) is 17.5 Å². The molecule has 0 bridgehead atoms. The molecular weight excluding hydrogens is 405 g/mol. The molecule has 2 aromatic rings. The Morgan fingerprint density at radius 1 is 1.22 bits per heavy atom. The van der Waals surface area contributed by atoms with Gasteiger partial charge in [0.2, 0.25) is 0 Å². The third kappa shape index (κ3) is 3.24. The van der Waals surface area contributed by atoms with Gasteiger partial charge < -0.3 is 10.1 Å². The van der Waals surface area contributed by atoms with Gasteiger partial charge in [0.1, 0.15) is 0 Å². The fourth-order valence-electron chi connectivity index (χ4n) is 2.65. The molecule has 23 heavy (non-hydrogen) atoms. The summed E-state index contributed by atoms with van der Waals surface area (Å²) in [5, 5.41) is 2.83. The molecule has 4 nitrogen and oxygen atoms in total. The molecule has 2 aromatic carbocycles. The first-order chi connectivity index (χ1) is 10.9. The van der Waals surface area contributed by atoms with Gasteiger partial charge in [-0.3, -0.25) is 4.79 Å². The molecular formula is C18H16INO3. The zero-order valence-corrected chi connectivity index (χ0v) is 15.0. The zero-order chi connectivity index (χ0) is 16.6. The molecule has 5 heteroatoms. The quantitative estimate of drug-likeness (QED) is 0.595. The maximum absolute atomic E-state index is 12.6. The van der Waals surface area contributed by atoms with Crippen molar-refractivity contribution < 1.29 is 14.3 Å². The molecule has 1 aliphatic heterocycles. The van der Waals surface area contributed by atoms with Crippen molar-refractivity contribution in [3.05, 3.63) is 62.7 Å². The van der Waals surface area contributed by atoms with Gasteiger partial charge in [-0.1, -0.05) is 17.7 Å². The molecule has 1 aliphatic rings. The van der Waals surface area contributed by atoms with Crippen molar-refractivity contribution in [2.24, 2.45) is 0 Å². The van der Waals surface area contributed by atoms with Gasteiger partial charge in [-0.05, 0) is 72.3 Å². The predicted molar refractivity (Wildman–Crippen MR) is 96.5 cm³/mol. The molecule has 0 spiro atoms. The number of esters is 1. The molecule has 3 rings (SSSR count). The van der Waals surface area contributed by atoms with E-state index >= 15 is 0 Å². The van der Waals surface area contributed by atoms with E-state index in [1.54, 1.807) is 13.0 Å². The first-order valence-electron chi connectivity index (χ1n) is 7.27. The second kappa shape index (κ2) is 5.96. The van der Waals surface area contributed by atoms with Crippen molar-refractivity contribution in [3.8, 4) is 0 Å². The highest BCUT2D eigenvalue weighted by atomic mass is 127. The van der Waals surface area contributed by atoms with Crippen molar-refractivity contribution in [1.29, 1.82) is 0 Å². The van der Waals surface area contributed by atoms with Gasteiger partial charge >= 0.3 is 5.97 Å². The van der Waals surface area contributed by atoms with E-state index in [1.165, 1.54) is 0 Å². The van der Waals surface area contributed by atoms with E-state index in [4.69, 9.17) is 4.74 Å². The standard InChI is InChI=1S/C18H16INO3/c1-11-3-8-15-12(9-11)10-18(2,23-16(15)21)17(22)20-14-6-4-13(19)5-7-14/h3-9H,10H2,1-2H3,(H,20,22). The molecule has 0 saturated carbocycles. The maximum Gasteiger partial charge on any atom is 0.339 e. The number of carbonyl (C=O) groups is 2. The lowest BCUT2D eigenvalue weighted by molar-refractivity contribution is -0.134. The number of benzene rings is 2. The van der Waals surface area contributed by atoms with E-state index in [1.807, 2.05) is 43.3 Å². The molecule has 0 aromatic heterocycles. The third-order valence-corrected chi connectivity index (χ3v) is 4.63. The zero-order valence-electron chi connectivity index (χ0n) is 12.9. The number of halogens is 1. The number of aryl methyl sites for hydroxylation is 1. The Balaban J connectivity index is 1.85. The summed E-state index contributed by atoms with van der Waals surface area (Å²) in [4.78, 5) is 24.8. The first kappa shape index (κ1) is 16.0. The number of rotatable bonds is 2. The Labute approximate surface area is 148 Å². The van der Waals surface area contributed by atoms with Crippen molar-refractivity contribution in [1.82, 2.24) is 0 Å². The summed E-state index contributed by atoms with van der Waals surface area (Å²) in [6, 6.07) is 13.0. The van der Waals surface area contributed by atoms with Crippen LogP contribution in [0.5, 0.6) is 0 Å². The average Bonchev–Trinajstić information content (AvgIpc) is 2.48. The van der Waals surface area contributed by atoms with E-state index in [0.717, 1.165) is 14.7 Å². The SMILES string of the molecule is Cc1ccc2c(c1)CC(C)(C(=O)Nc1ccc(I)cc1)OC2=O. The van der Waals surface area contributed by atoms with E-state index < -0.39 is 11.6 Å². The van der Waals surface area contributed by atoms with Gasteiger partial charge in [0.15, 0.2) is 5.60 Å². The Kier molecular flexibility index (Phi) is 4.14. The first-order valence-corrected chi connectivity index (χ1v) is 8.35. The van der Waals surface area contributed by atoms with Gasteiger partial charge in [-0.15, -0.1) is 0 Å². The second-order valence-corrected chi connectivity index (χ2v) is 7.16. The highest BCUT2D eigenvalue weighted by molar-refractivity contribution is 14.1. The van der Waals surface area contributed by atoms with Gasteiger partial charge in [0, 0.05) is 15.7 Å². The van der Waals surface area contributed by atoms with Crippen molar-refractivity contribution >= 4 is 40.2 Å². The summed E-state index contributed by atoms with van der Waals surface area (Å²) in [5.74, 6) is -0.772. The number of fused-ring (bicyclic) bond motifs is 1. The van der Waals surface area contributed by atoms with Crippen LogP contribution in [0.15, 0.2) is 42.5 Å². The summed E-state index contributed by atoms with van der Waals surface area (Å²) >= 11 is 2.20. The van der Waals surface area contributed by atoms with Crippen LogP contribution in [0, 0.1) is 10.5 Å². The van der Waals surface area contributed by atoms with Crippen LogP contribution < -0.4 is 5.32 Å². The summed E-state index contributed by atoms with van der Waals surface area (Å²) in [5.41, 5.74) is 1.92. The lowest BCUT2D eigenvalue weighted by Gasteiger charge is -2.33. The highest BCUT2D eigenvalue weighted by Crippen LogP contribution is 2.30. The van der Waals surface area contributed by atoms with Crippen LogP contribution in [0.1, 0.15) is 28.4 Å². The molecule has 0 fully saturated rings. The monoisotopic (exact) mass is 421 g/mol. The molecule has 1 heterocycles. The Morgan fingerprint density at radius 3 is 2.61 bits per heavy atom. The van der Waals surface area contributed by atoms with Crippen LogP contribution >= 0.6 is 22.6 Å². The van der Waals surface area contributed by atoms with Crippen LogP contribution in [0.3, 0.4) is 0 Å². The molecule has 1 atom stereocenters. The van der Waals surface area contributed by atoms with E-state index in [-0.39, 0.29) is 5.91 Å². The number of amides is 1. The molecule has 0 aliphatic carbocycles. The lowest BCUT2D eigenvalue weighted by atomic mass is 9.88. The smallest absolute Gasteiger partial charge is 0.339 e. The predicted octanol–water partition coefficient (Wildman–Crippen LogP) is 3.71. The normalized spacial score (nSPS) is 19.7. The Bertz CT molecular complexity index is 785. The summed E-state index contributed by atoms with van der Waals surface area (Å²) < 4.78 is 6.53. The lowest BCUT2D eigenvalue weighted by Crippen LogP contribution is -2.48. The van der Waals surface area contributed by atoms with Gasteiger partial charge in [0.05, 0.1) is 5.56 Å². The van der Waals surface area contributed by atoms with Crippen LogP contribution in [0.4, 0.5) is 5.69 Å². The Hall–Kier alpha value is -1.89. The molecule has 1 amide bonds. The highest BCUT2D eigenvalue weighted by Gasteiger charge is 2.42. The largest absolute Gasteiger partial charge is 0.445 e. The van der Waals surface area contributed by atoms with Gasteiger partial charge in [0.25, 0.3) is 5.91 Å². The minimum atomic E-state index is -1.21. The topological polar surface area (TPSA) is 55.4 Å². The number of hydrogen-bond donors (Lipinski definition) is 1. The summed E-state index contributed by atoms with van der Waals surface area (Å²) in [6.45, 7) is 3.61. The van der Waals surface area contributed by atoms with Crippen LogP contribution in [0.25, 0.3) is 0 Å². The number of anilines is 1. The van der Waals surface area contributed by atoms with Crippen molar-refractivity contribution in [2.45, 2.75) is 25.9 Å². The molecule has 1 unspecified atom stereocenters. The van der Waals surface area contributed by atoms with Gasteiger partial charge in [-0.2, -0.15) is 0 Å². The molecule has 118 valence electrons. The van der Waals surface area contributed by atoms with Crippen LogP contribution in [-0.2, 0) is 16.0 Å². The van der Waals surface area contributed by atoms with Crippen molar-refractivity contribution in [2.75, 3.05) is 5.32 Å².